The predicted octanol–water partition coefficient (Wildman–Crippen LogP) is 3.02. The second-order valence-corrected chi connectivity index (χ2v) is 5.74. The van der Waals surface area contributed by atoms with Gasteiger partial charge >= 0.3 is 12.1 Å². The second kappa shape index (κ2) is 8.22. The maximum atomic E-state index is 11.6. The molecule has 0 spiro atoms. The van der Waals surface area contributed by atoms with Gasteiger partial charge in [-0.1, -0.05) is 18.2 Å². The van der Waals surface area contributed by atoms with Gasteiger partial charge in [0.1, 0.15) is 16.9 Å². The van der Waals surface area contributed by atoms with E-state index in [1.54, 1.807) is 51.1 Å². The van der Waals surface area contributed by atoms with Crippen molar-refractivity contribution >= 4 is 18.1 Å². The number of carbonyl (C=O) groups is 2. The molecule has 1 aromatic rings. The third kappa shape index (κ3) is 6.42. The van der Waals surface area contributed by atoms with Gasteiger partial charge in [-0.2, -0.15) is 0 Å². The Kier molecular flexibility index (Phi) is 6.63. The Morgan fingerprint density at radius 1 is 1.22 bits per heavy atom. The number of methoxy groups -OCH3 is 2. The summed E-state index contributed by atoms with van der Waals surface area (Å²) in [6.45, 7) is 5.74. The lowest BCUT2D eigenvalue weighted by atomic mass is 10.1. The highest BCUT2D eigenvalue weighted by Gasteiger charge is 2.15. The maximum Gasteiger partial charge on any atom is 0.407 e. The Bertz CT molecular complexity index is 587. The van der Waals surface area contributed by atoms with Gasteiger partial charge in [0.05, 0.1) is 14.2 Å². The fraction of sp³-hybridized carbons (Fsp3) is 0.412. The molecule has 0 heterocycles. The van der Waals surface area contributed by atoms with Gasteiger partial charge in [0.25, 0.3) is 0 Å². The first-order valence-electron chi connectivity index (χ1n) is 7.16. The lowest BCUT2D eigenvalue weighted by Crippen LogP contribution is -2.32. The van der Waals surface area contributed by atoms with Crippen molar-refractivity contribution in [1.82, 2.24) is 5.32 Å². The van der Waals surface area contributed by atoms with Crippen molar-refractivity contribution in [3.8, 4) is 5.75 Å². The summed E-state index contributed by atoms with van der Waals surface area (Å²) >= 11 is 0. The lowest BCUT2D eigenvalue weighted by Gasteiger charge is -2.19. The molecule has 6 heteroatoms. The van der Waals surface area contributed by atoms with Gasteiger partial charge in [0.15, 0.2) is 0 Å². The fourth-order valence-corrected chi connectivity index (χ4v) is 1.74. The molecule has 0 radical (unpaired) electrons. The van der Waals surface area contributed by atoms with Crippen LogP contribution in [0, 0.1) is 0 Å². The summed E-state index contributed by atoms with van der Waals surface area (Å²) in [6.07, 6.45) is 3.11. The third-order valence-corrected chi connectivity index (χ3v) is 2.70. The topological polar surface area (TPSA) is 73.9 Å². The predicted molar refractivity (Wildman–Crippen MR) is 87.6 cm³/mol. The zero-order valence-electron chi connectivity index (χ0n) is 14.1. The average molecular weight is 321 g/mol. The smallest absolute Gasteiger partial charge is 0.407 e. The summed E-state index contributed by atoms with van der Waals surface area (Å²) in [7, 11) is 2.80. The van der Waals surface area contributed by atoms with E-state index in [-0.39, 0.29) is 0 Å². The SMILES string of the molecule is COC(=O)c1ccc(C=CCNC(=O)OC(C)(C)C)cc1OC. The van der Waals surface area contributed by atoms with E-state index in [9.17, 15) is 9.59 Å². The van der Waals surface area contributed by atoms with Crippen LogP contribution in [0.25, 0.3) is 6.08 Å². The molecule has 0 bridgehead atoms. The summed E-state index contributed by atoms with van der Waals surface area (Å²) in [4.78, 5) is 23.1. The van der Waals surface area contributed by atoms with E-state index in [2.05, 4.69) is 10.1 Å². The third-order valence-electron chi connectivity index (χ3n) is 2.70. The highest BCUT2D eigenvalue weighted by Crippen LogP contribution is 2.21. The molecule has 0 fully saturated rings. The van der Waals surface area contributed by atoms with Crippen LogP contribution in [0.4, 0.5) is 4.79 Å². The van der Waals surface area contributed by atoms with E-state index >= 15 is 0 Å². The molecule has 0 aliphatic heterocycles. The Labute approximate surface area is 136 Å². The number of ether oxygens (including phenoxy) is 3. The van der Waals surface area contributed by atoms with Crippen LogP contribution < -0.4 is 10.1 Å². The largest absolute Gasteiger partial charge is 0.496 e. The quantitative estimate of drug-likeness (QED) is 0.844. The van der Waals surface area contributed by atoms with E-state index in [0.29, 0.717) is 17.9 Å². The average Bonchev–Trinajstić information content (AvgIpc) is 2.48. The van der Waals surface area contributed by atoms with Gasteiger partial charge in [-0.15, -0.1) is 0 Å². The molecular weight excluding hydrogens is 298 g/mol. The summed E-state index contributed by atoms with van der Waals surface area (Å²) < 4.78 is 15.0. The van der Waals surface area contributed by atoms with Crippen molar-refractivity contribution in [3.63, 3.8) is 0 Å². The molecule has 1 aromatic carbocycles. The summed E-state index contributed by atoms with van der Waals surface area (Å²) in [6, 6.07) is 5.11. The molecule has 0 saturated heterocycles. The van der Waals surface area contributed by atoms with Crippen molar-refractivity contribution < 1.29 is 23.8 Å². The Hall–Kier alpha value is -2.50. The second-order valence-electron chi connectivity index (χ2n) is 5.74. The number of esters is 1. The number of hydrogen-bond donors (Lipinski definition) is 1. The van der Waals surface area contributed by atoms with Crippen LogP contribution in [-0.4, -0.2) is 38.4 Å². The molecule has 6 nitrogen and oxygen atoms in total. The summed E-state index contributed by atoms with van der Waals surface area (Å²) in [5.74, 6) is -0.0249. The molecule has 0 saturated carbocycles. The molecule has 1 N–H and O–H groups in total. The number of benzene rings is 1. The first-order chi connectivity index (χ1) is 10.8. The van der Waals surface area contributed by atoms with E-state index in [1.807, 2.05) is 0 Å². The highest BCUT2D eigenvalue weighted by atomic mass is 16.6. The van der Waals surface area contributed by atoms with Crippen LogP contribution in [-0.2, 0) is 9.47 Å². The van der Waals surface area contributed by atoms with Crippen molar-refractivity contribution in [2.45, 2.75) is 26.4 Å². The number of hydrogen-bond acceptors (Lipinski definition) is 5. The fourth-order valence-electron chi connectivity index (χ4n) is 1.74. The number of amides is 1. The molecular formula is C17H23NO5. The van der Waals surface area contributed by atoms with Crippen LogP contribution in [0.15, 0.2) is 24.3 Å². The van der Waals surface area contributed by atoms with Crippen molar-refractivity contribution in [1.29, 1.82) is 0 Å². The van der Waals surface area contributed by atoms with Crippen molar-refractivity contribution in [2.75, 3.05) is 20.8 Å². The number of rotatable bonds is 5. The monoisotopic (exact) mass is 321 g/mol. The van der Waals surface area contributed by atoms with E-state index in [4.69, 9.17) is 9.47 Å². The minimum absolute atomic E-state index is 0.329. The number of alkyl carbamates (subject to hydrolysis) is 1. The standard InChI is InChI=1S/C17H23NO5/c1-17(2,3)23-16(20)18-10-6-7-12-8-9-13(15(19)22-5)14(11-12)21-4/h6-9,11H,10H2,1-5H3,(H,18,20). The number of nitrogens with one attached hydrogen (secondary N) is 1. The van der Waals surface area contributed by atoms with E-state index < -0.39 is 17.7 Å². The maximum absolute atomic E-state index is 11.6. The molecule has 0 aliphatic carbocycles. The van der Waals surface area contributed by atoms with Crippen LogP contribution in [0.2, 0.25) is 0 Å². The zero-order valence-corrected chi connectivity index (χ0v) is 14.1. The summed E-state index contributed by atoms with van der Waals surface area (Å²) in [5, 5.41) is 2.62. The van der Waals surface area contributed by atoms with Gasteiger partial charge in [0.2, 0.25) is 0 Å². The van der Waals surface area contributed by atoms with Crippen LogP contribution >= 0.6 is 0 Å². The first-order valence-corrected chi connectivity index (χ1v) is 7.16. The van der Waals surface area contributed by atoms with Gasteiger partial charge in [0, 0.05) is 6.54 Å². The van der Waals surface area contributed by atoms with Gasteiger partial charge in [-0.3, -0.25) is 0 Å². The van der Waals surface area contributed by atoms with Gasteiger partial charge < -0.3 is 19.5 Å². The van der Waals surface area contributed by atoms with Crippen molar-refractivity contribution in [3.05, 3.63) is 35.4 Å². The summed E-state index contributed by atoms with van der Waals surface area (Å²) in [5.41, 5.74) is 0.671. The molecule has 126 valence electrons. The lowest BCUT2D eigenvalue weighted by molar-refractivity contribution is 0.0532. The highest BCUT2D eigenvalue weighted by molar-refractivity contribution is 5.92. The molecule has 0 unspecified atom stereocenters. The van der Waals surface area contributed by atoms with Crippen molar-refractivity contribution in [2.24, 2.45) is 0 Å². The first kappa shape index (κ1) is 18.5. The van der Waals surface area contributed by atoms with Crippen LogP contribution in [0.3, 0.4) is 0 Å². The van der Waals surface area contributed by atoms with Crippen LogP contribution in [0.5, 0.6) is 5.75 Å². The molecule has 23 heavy (non-hydrogen) atoms. The zero-order chi connectivity index (χ0) is 17.5. The normalized spacial score (nSPS) is 11.2. The van der Waals surface area contributed by atoms with Crippen LogP contribution in [0.1, 0.15) is 36.7 Å². The molecule has 1 rings (SSSR count). The minimum Gasteiger partial charge on any atom is -0.496 e. The van der Waals surface area contributed by atoms with E-state index in [1.165, 1.54) is 14.2 Å². The van der Waals surface area contributed by atoms with Gasteiger partial charge in [-0.25, -0.2) is 9.59 Å². The Morgan fingerprint density at radius 3 is 2.48 bits per heavy atom. The van der Waals surface area contributed by atoms with E-state index in [0.717, 1.165) is 5.56 Å². The molecule has 0 aliphatic rings. The van der Waals surface area contributed by atoms with Gasteiger partial charge in [-0.05, 0) is 38.5 Å². The minimum atomic E-state index is -0.523. The molecule has 0 aromatic heterocycles. The Balaban J connectivity index is 2.64. The molecule has 1 amide bonds. The Morgan fingerprint density at radius 2 is 1.91 bits per heavy atom. The number of carbonyl (C=O) groups excluding carboxylic acids is 2. The molecule has 0 atom stereocenters.